The maximum atomic E-state index is 3.75. The Morgan fingerprint density at radius 3 is 1.09 bits per heavy atom. The molecule has 0 fully saturated rings. The van der Waals surface area contributed by atoms with Gasteiger partial charge in [-0.2, -0.15) is 0 Å². The van der Waals surface area contributed by atoms with Crippen LogP contribution in [0.25, 0.3) is 0 Å². The highest BCUT2D eigenvalue weighted by molar-refractivity contribution is 4.90. The van der Waals surface area contributed by atoms with Crippen molar-refractivity contribution in [2.45, 2.75) is 245 Å². The lowest BCUT2D eigenvalue weighted by Crippen LogP contribution is -2.41. The first-order valence-corrected chi connectivity index (χ1v) is 20.3. The molecule has 0 aliphatic rings. The number of nitrogens with one attached hydrogen (secondary N) is 1. The summed E-state index contributed by atoms with van der Waals surface area (Å²) >= 11 is 0. The monoisotopic (exact) mass is 602 g/mol. The molecule has 1 aromatic heterocycles. The Morgan fingerprint density at radius 1 is 0.442 bits per heavy atom. The number of nitrogens with zero attached hydrogens (tertiary/aromatic N) is 1. The number of H-pyrrole nitrogens is 1. The molecule has 0 saturated carbocycles. The lowest BCUT2D eigenvalue weighted by atomic mass is 9.92. The third-order valence-electron chi connectivity index (χ3n) is 10.1. The van der Waals surface area contributed by atoms with Crippen molar-refractivity contribution in [3.63, 3.8) is 0 Å². The summed E-state index contributed by atoms with van der Waals surface area (Å²) in [5.41, 5.74) is 0. The molecule has 0 aliphatic carbocycles. The van der Waals surface area contributed by atoms with E-state index in [0.717, 1.165) is 0 Å². The van der Waals surface area contributed by atoms with Crippen LogP contribution in [0.5, 0.6) is 0 Å². The predicted octanol–water partition coefficient (Wildman–Crippen LogP) is 14.5. The first kappa shape index (κ1) is 40.2. The Morgan fingerprint density at radius 2 is 0.744 bits per heavy atom. The van der Waals surface area contributed by atoms with E-state index in [0.29, 0.717) is 12.0 Å². The maximum absolute atomic E-state index is 3.75. The minimum absolute atomic E-state index is 0.619. The third kappa shape index (κ3) is 23.2. The van der Waals surface area contributed by atoms with Crippen molar-refractivity contribution in [1.82, 2.24) is 4.98 Å². The third-order valence-corrected chi connectivity index (χ3v) is 10.1. The molecule has 1 heterocycles. The number of imidazole rings is 1. The molecular weight excluding hydrogens is 520 g/mol. The van der Waals surface area contributed by atoms with E-state index in [9.17, 15) is 0 Å². The summed E-state index contributed by atoms with van der Waals surface area (Å²) in [5, 5.41) is 0. The standard InChI is InChI=1S/C41H80N2/c1-5-8-11-14-17-19-20-21-22-24-26-28-31-34-39(4)43-38-37-42-41(43)40(35-32-29-25-16-13-10-7-3)36-33-30-27-23-18-15-12-9-6-2/h37-40H,5-36H2,1-4H3/p+1. The molecule has 1 rings (SSSR count). The van der Waals surface area contributed by atoms with Gasteiger partial charge in [0.05, 0.1) is 12.0 Å². The van der Waals surface area contributed by atoms with Gasteiger partial charge in [-0.3, -0.25) is 0 Å². The molecule has 2 unspecified atom stereocenters. The fourth-order valence-electron chi connectivity index (χ4n) is 7.13. The zero-order valence-corrected chi connectivity index (χ0v) is 30.4. The summed E-state index contributed by atoms with van der Waals surface area (Å²) < 4.78 is 2.64. The van der Waals surface area contributed by atoms with E-state index in [1.807, 2.05) is 0 Å². The molecule has 254 valence electrons. The van der Waals surface area contributed by atoms with Gasteiger partial charge in [-0.05, 0) is 32.6 Å². The van der Waals surface area contributed by atoms with Crippen LogP contribution in [0.2, 0.25) is 0 Å². The Balaban J connectivity index is 2.36. The Kier molecular flexibility index (Phi) is 29.2. The molecule has 0 bridgehead atoms. The molecular formula is C41H81N2+. The Labute approximate surface area is 272 Å². The normalized spacial score (nSPS) is 13.1. The van der Waals surface area contributed by atoms with Crippen LogP contribution in [0.4, 0.5) is 0 Å². The number of rotatable bonds is 34. The molecule has 0 saturated heterocycles. The van der Waals surface area contributed by atoms with E-state index in [1.54, 1.807) is 0 Å². The van der Waals surface area contributed by atoms with Gasteiger partial charge in [0.15, 0.2) is 0 Å². The van der Waals surface area contributed by atoms with Crippen LogP contribution in [-0.4, -0.2) is 4.98 Å². The first-order chi connectivity index (χ1) is 21.2. The van der Waals surface area contributed by atoms with E-state index in [-0.39, 0.29) is 0 Å². The quantitative estimate of drug-likeness (QED) is 0.0599. The van der Waals surface area contributed by atoms with Crippen LogP contribution in [0.3, 0.4) is 0 Å². The zero-order valence-electron chi connectivity index (χ0n) is 30.4. The van der Waals surface area contributed by atoms with Crippen molar-refractivity contribution in [3.05, 3.63) is 18.2 Å². The molecule has 1 aromatic rings. The average molecular weight is 602 g/mol. The molecule has 0 radical (unpaired) electrons. The van der Waals surface area contributed by atoms with E-state index in [4.69, 9.17) is 0 Å². The van der Waals surface area contributed by atoms with E-state index >= 15 is 0 Å². The van der Waals surface area contributed by atoms with Gasteiger partial charge in [-0.1, -0.05) is 201 Å². The van der Waals surface area contributed by atoms with Gasteiger partial charge in [0.25, 0.3) is 5.82 Å². The molecule has 2 nitrogen and oxygen atoms in total. The summed E-state index contributed by atoms with van der Waals surface area (Å²) in [5.74, 6) is 2.25. The number of hydrogen-bond acceptors (Lipinski definition) is 0. The summed E-state index contributed by atoms with van der Waals surface area (Å²) in [6, 6.07) is 0.619. The predicted molar refractivity (Wildman–Crippen MR) is 193 cm³/mol. The largest absolute Gasteiger partial charge is 0.257 e. The average Bonchev–Trinajstić information content (AvgIpc) is 3.51. The first-order valence-electron chi connectivity index (χ1n) is 20.3. The molecule has 0 aromatic carbocycles. The van der Waals surface area contributed by atoms with Gasteiger partial charge >= 0.3 is 0 Å². The van der Waals surface area contributed by atoms with Crippen molar-refractivity contribution in [1.29, 1.82) is 0 Å². The van der Waals surface area contributed by atoms with Crippen LogP contribution < -0.4 is 4.57 Å². The van der Waals surface area contributed by atoms with Crippen LogP contribution in [-0.2, 0) is 0 Å². The smallest absolute Gasteiger partial charge is 0.247 e. The Bertz CT molecular complexity index is 664. The van der Waals surface area contributed by atoms with Crippen molar-refractivity contribution in [3.8, 4) is 0 Å². The van der Waals surface area contributed by atoms with Gasteiger partial charge in [-0.15, -0.1) is 0 Å². The lowest BCUT2D eigenvalue weighted by molar-refractivity contribution is -0.727. The summed E-state index contributed by atoms with van der Waals surface area (Å²) in [4.78, 5) is 3.75. The summed E-state index contributed by atoms with van der Waals surface area (Å²) in [6.45, 7) is 9.42. The highest BCUT2D eigenvalue weighted by Crippen LogP contribution is 2.27. The van der Waals surface area contributed by atoms with Gasteiger partial charge in [0.2, 0.25) is 0 Å². The van der Waals surface area contributed by atoms with Crippen molar-refractivity contribution in [2.75, 3.05) is 0 Å². The molecule has 2 atom stereocenters. The highest BCUT2D eigenvalue weighted by Gasteiger charge is 2.25. The van der Waals surface area contributed by atoms with Crippen LogP contribution >= 0.6 is 0 Å². The fourth-order valence-corrected chi connectivity index (χ4v) is 7.13. The number of aromatic nitrogens is 2. The number of hydrogen-bond donors (Lipinski definition) is 1. The van der Waals surface area contributed by atoms with Gasteiger partial charge < -0.3 is 0 Å². The zero-order chi connectivity index (χ0) is 31.1. The van der Waals surface area contributed by atoms with Gasteiger partial charge in [0, 0.05) is 0 Å². The van der Waals surface area contributed by atoms with Gasteiger partial charge in [0.1, 0.15) is 12.4 Å². The number of unbranched alkanes of at least 4 members (excludes halogenated alkanes) is 26. The molecule has 0 spiro atoms. The van der Waals surface area contributed by atoms with E-state index in [2.05, 4.69) is 49.6 Å². The second-order valence-corrected chi connectivity index (χ2v) is 14.4. The lowest BCUT2D eigenvalue weighted by Gasteiger charge is -2.17. The second-order valence-electron chi connectivity index (χ2n) is 14.4. The van der Waals surface area contributed by atoms with Crippen LogP contribution in [0.15, 0.2) is 12.4 Å². The van der Waals surface area contributed by atoms with E-state index in [1.165, 1.54) is 211 Å². The maximum Gasteiger partial charge on any atom is 0.257 e. The van der Waals surface area contributed by atoms with Gasteiger partial charge in [-0.25, -0.2) is 9.55 Å². The van der Waals surface area contributed by atoms with Crippen molar-refractivity contribution in [2.24, 2.45) is 0 Å². The van der Waals surface area contributed by atoms with E-state index < -0.39 is 0 Å². The van der Waals surface area contributed by atoms with Crippen molar-refractivity contribution < 1.29 is 4.57 Å². The molecule has 0 aliphatic heterocycles. The molecule has 43 heavy (non-hydrogen) atoms. The number of aromatic amines is 1. The minimum atomic E-state index is 0.619. The molecule has 1 N–H and O–H groups in total. The van der Waals surface area contributed by atoms with Crippen LogP contribution in [0, 0.1) is 0 Å². The molecule has 2 heteroatoms. The summed E-state index contributed by atoms with van der Waals surface area (Å²) in [7, 11) is 0. The van der Waals surface area contributed by atoms with Crippen LogP contribution in [0.1, 0.15) is 251 Å². The molecule has 0 amide bonds. The fraction of sp³-hybridized carbons (Fsp3) is 0.927. The SMILES string of the molecule is CCCCCCCCCCCCCCCC(C)[n+]1cc[nH]c1C(CCCCCCCCC)CCCCCCCCCCC. The summed E-state index contributed by atoms with van der Waals surface area (Å²) in [6.07, 6.45) is 50.2. The Hall–Kier alpha value is -0.790. The minimum Gasteiger partial charge on any atom is -0.247 e. The highest BCUT2D eigenvalue weighted by atomic mass is 15.1. The topological polar surface area (TPSA) is 19.7 Å². The second kappa shape index (κ2) is 31.2. The van der Waals surface area contributed by atoms with Crippen molar-refractivity contribution >= 4 is 0 Å².